The maximum absolute atomic E-state index is 13.0. The molecule has 0 saturated carbocycles. The van der Waals surface area contributed by atoms with Gasteiger partial charge in [-0.1, -0.05) is 18.2 Å². The Bertz CT molecular complexity index is 890. The van der Waals surface area contributed by atoms with Gasteiger partial charge in [0.2, 0.25) is 0 Å². The third-order valence-electron chi connectivity index (χ3n) is 3.75. The molecule has 3 rings (SSSR count). The molecule has 0 radical (unpaired) electrons. The Morgan fingerprint density at radius 1 is 1.22 bits per heavy atom. The molecule has 0 fully saturated rings. The maximum atomic E-state index is 13.0. The average molecular weight is 328 g/mol. The van der Waals surface area contributed by atoms with Crippen LogP contribution < -0.4 is 5.56 Å². The highest BCUT2D eigenvalue weighted by molar-refractivity contribution is 7.98. The average Bonchev–Trinajstić information content (AvgIpc) is 2.53. The van der Waals surface area contributed by atoms with Crippen molar-refractivity contribution in [1.82, 2.24) is 9.38 Å². The monoisotopic (exact) mass is 328 g/mol. The summed E-state index contributed by atoms with van der Waals surface area (Å²) in [4.78, 5) is 16.8. The number of rotatable bonds is 4. The third-order valence-corrected chi connectivity index (χ3v) is 4.99. The van der Waals surface area contributed by atoms with Gasteiger partial charge in [-0.15, -0.1) is 11.8 Å². The summed E-state index contributed by atoms with van der Waals surface area (Å²) >= 11 is 1.68. The molecule has 0 aliphatic rings. The first kappa shape index (κ1) is 15.7. The van der Waals surface area contributed by atoms with Crippen molar-refractivity contribution in [2.75, 3.05) is 0 Å². The van der Waals surface area contributed by atoms with E-state index in [-0.39, 0.29) is 16.6 Å². The number of benzene rings is 1. The van der Waals surface area contributed by atoms with Crippen LogP contribution in [0.1, 0.15) is 29.1 Å². The van der Waals surface area contributed by atoms with Crippen molar-refractivity contribution >= 4 is 17.4 Å². The summed E-state index contributed by atoms with van der Waals surface area (Å²) < 4.78 is 14.6. The second kappa shape index (κ2) is 6.54. The van der Waals surface area contributed by atoms with Crippen LogP contribution in [-0.2, 0) is 5.75 Å². The summed E-state index contributed by atoms with van der Waals surface area (Å²) in [6.07, 6.45) is 0. The number of pyridine rings is 1. The summed E-state index contributed by atoms with van der Waals surface area (Å²) in [5.74, 6) is 0.406. The van der Waals surface area contributed by atoms with Gasteiger partial charge in [0, 0.05) is 22.8 Å². The third kappa shape index (κ3) is 3.45. The van der Waals surface area contributed by atoms with E-state index in [9.17, 15) is 9.18 Å². The predicted molar refractivity (Wildman–Crippen MR) is 92.3 cm³/mol. The van der Waals surface area contributed by atoms with Crippen molar-refractivity contribution < 1.29 is 4.39 Å². The van der Waals surface area contributed by atoms with Crippen LogP contribution >= 0.6 is 11.8 Å². The zero-order valence-electron chi connectivity index (χ0n) is 13.0. The lowest BCUT2D eigenvalue weighted by atomic mass is 10.2. The minimum Gasteiger partial charge on any atom is -0.269 e. The van der Waals surface area contributed by atoms with Crippen molar-refractivity contribution in [1.29, 1.82) is 0 Å². The SMILES string of the molecule is Cc1cccc2nc(CS[C@@H](C)c3ccc(F)cc3)cc(=O)n12. The lowest BCUT2D eigenvalue weighted by Gasteiger charge is -2.12. The summed E-state index contributed by atoms with van der Waals surface area (Å²) in [5.41, 5.74) is 3.31. The first-order valence-electron chi connectivity index (χ1n) is 7.40. The molecule has 0 aliphatic carbocycles. The molecule has 3 nitrogen and oxygen atoms in total. The van der Waals surface area contributed by atoms with Gasteiger partial charge in [0.05, 0.1) is 5.69 Å². The van der Waals surface area contributed by atoms with Gasteiger partial charge in [0.15, 0.2) is 0 Å². The normalized spacial score (nSPS) is 12.5. The Morgan fingerprint density at radius 3 is 2.70 bits per heavy atom. The topological polar surface area (TPSA) is 34.4 Å². The van der Waals surface area contributed by atoms with E-state index >= 15 is 0 Å². The number of nitrogens with zero attached hydrogens (tertiary/aromatic N) is 2. The summed E-state index contributed by atoms with van der Waals surface area (Å²) in [5, 5.41) is 0.202. The van der Waals surface area contributed by atoms with E-state index in [0.717, 1.165) is 17.0 Å². The molecule has 0 amide bonds. The van der Waals surface area contributed by atoms with Gasteiger partial charge in [-0.2, -0.15) is 0 Å². The Kier molecular flexibility index (Phi) is 4.48. The fourth-order valence-corrected chi connectivity index (χ4v) is 3.40. The molecular formula is C18H17FN2OS. The predicted octanol–water partition coefficient (Wildman–Crippen LogP) is 4.14. The molecule has 1 aromatic carbocycles. The van der Waals surface area contributed by atoms with Crippen molar-refractivity contribution in [3.05, 3.63) is 81.7 Å². The van der Waals surface area contributed by atoms with Crippen LogP contribution in [-0.4, -0.2) is 9.38 Å². The van der Waals surface area contributed by atoms with Crippen LogP contribution in [0.3, 0.4) is 0 Å². The van der Waals surface area contributed by atoms with Crippen LogP contribution in [0.5, 0.6) is 0 Å². The van der Waals surface area contributed by atoms with Crippen molar-refractivity contribution in [3.63, 3.8) is 0 Å². The second-order valence-electron chi connectivity index (χ2n) is 5.45. The molecule has 2 aromatic heterocycles. The molecule has 5 heteroatoms. The second-order valence-corrected chi connectivity index (χ2v) is 6.78. The molecule has 1 atom stereocenters. The van der Waals surface area contributed by atoms with E-state index < -0.39 is 0 Å². The molecule has 0 spiro atoms. The molecule has 0 N–H and O–H groups in total. The molecule has 0 bridgehead atoms. The van der Waals surface area contributed by atoms with Crippen LogP contribution in [0.15, 0.2) is 53.3 Å². The van der Waals surface area contributed by atoms with Gasteiger partial charge in [0.25, 0.3) is 5.56 Å². The number of aromatic nitrogens is 2. The van der Waals surface area contributed by atoms with Crippen LogP contribution in [0.2, 0.25) is 0 Å². The zero-order chi connectivity index (χ0) is 16.4. The molecule has 2 heterocycles. The molecule has 0 unspecified atom stereocenters. The van der Waals surface area contributed by atoms with E-state index in [4.69, 9.17) is 0 Å². The Labute approximate surface area is 138 Å². The van der Waals surface area contributed by atoms with Crippen LogP contribution in [0, 0.1) is 12.7 Å². The van der Waals surface area contributed by atoms with Gasteiger partial charge in [0.1, 0.15) is 11.5 Å². The highest BCUT2D eigenvalue weighted by Gasteiger charge is 2.09. The molecule has 0 saturated heterocycles. The van der Waals surface area contributed by atoms with E-state index in [2.05, 4.69) is 11.9 Å². The van der Waals surface area contributed by atoms with E-state index in [1.54, 1.807) is 34.4 Å². The van der Waals surface area contributed by atoms with Crippen molar-refractivity contribution in [3.8, 4) is 0 Å². The molecule has 0 aliphatic heterocycles. The fourth-order valence-electron chi connectivity index (χ4n) is 2.48. The first-order chi connectivity index (χ1) is 11.0. The molecular weight excluding hydrogens is 311 g/mol. The van der Waals surface area contributed by atoms with Crippen molar-refractivity contribution in [2.24, 2.45) is 0 Å². The number of hydrogen-bond acceptors (Lipinski definition) is 3. The van der Waals surface area contributed by atoms with Gasteiger partial charge in [-0.25, -0.2) is 9.37 Å². The Balaban J connectivity index is 1.79. The summed E-state index contributed by atoms with van der Waals surface area (Å²) in [6.45, 7) is 3.96. The highest BCUT2D eigenvalue weighted by Crippen LogP contribution is 2.30. The fraction of sp³-hybridized carbons (Fsp3) is 0.222. The minimum atomic E-state index is -0.231. The number of aryl methyl sites for hydroxylation is 1. The summed E-state index contributed by atoms with van der Waals surface area (Å²) in [6, 6.07) is 13.7. The lowest BCUT2D eigenvalue weighted by molar-refractivity contribution is 0.627. The zero-order valence-corrected chi connectivity index (χ0v) is 13.8. The maximum Gasteiger partial charge on any atom is 0.258 e. The number of hydrogen-bond donors (Lipinski definition) is 0. The molecule has 23 heavy (non-hydrogen) atoms. The Hall–Kier alpha value is -2.14. The van der Waals surface area contributed by atoms with E-state index in [0.29, 0.717) is 11.4 Å². The van der Waals surface area contributed by atoms with Gasteiger partial charge in [-0.05, 0) is 43.7 Å². The minimum absolute atomic E-state index is 0.0573. The largest absolute Gasteiger partial charge is 0.269 e. The van der Waals surface area contributed by atoms with Gasteiger partial charge in [-0.3, -0.25) is 9.20 Å². The lowest BCUT2D eigenvalue weighted by Crippen LogP contribution is -2.17. The summed E-state index contributed by atoms with van der Waals surface area (Å²) in [7, 11) is 0. The Morgan fingerprint density at radius 2 is 1.96 bits per heavy atom. The van der Waals surface area contributed by atoms with Crippen LogP contribution in [0.4, 0.5) is 4.39 Å². The van der Waals surface area contributed by atoms with Gasteiger partial charge < -0.3 is 0 Å². The number of thioether (sulfide) groups is 1. The first-order valence-corrected chi connectivity index (χ1v) is 8.45. The van der Waals surface area contributed by atoms with E-state index in [1.165, 1.54) is 12.1 Å². The van der Waals surface area contributed by atoms with E-state index in [1.807, 2.05) is 25.1 Å². The molecule has 3 aromatic rings. The highest BCUT2D eigenvalue weighted by atomic mass is 32.2. The standard InChI is InChI=1S/C18H17FN2OS/c1-12-4-3-5-17-20-16(10-18(22)21(12)17)11-23-13(2)14-6-8-15(19)9-7-14/h3-10,13H,11H2,1-2H3/t13-/m0/s1. The number of fused-ring (bicyclic) bond motifs is 1. The van der Waals surface area contributed by atoms with Crippen molar-refractivity contribution in [2.45, 2.75) is 24.9 Å². The van der Waals surface area contributed by atoms with Gasteiger partial charge >= 0.3 is 0 Å². The smallest absolute Gasteiger partial charge is 0.258 e. The number of halogens is 1. The quantitative estimate of drug-likeness (QED) is 0.722. The molecule has 118 valence electrons. The van der Waals surface area contributed by atoms with Crippen LogP contribution in [0.25, 0.3) is 5.65 Å².